The Bertz CT molecular complexity index is 669. The first-order valence-electron chi connectivity index (χ1n) is 6.62. The monoisotopic (exact) mass is 311 g/mol. The zero-order valence-electron chi connectivity index (χ0n) is 12.2. The van der Waals surface area contributed by atoms with Gasteiger partial charge in [0.25, 0.3) is 0 Å². The number of ether oxygens (including phenoxy) is 1. The SMILES string of the molecule is CNc1cccc(C)c1COc1ccc(O)cc1C(F)(F)F. The van der Waals surface area contributed by atoms with Crippen LogP contribution in [0, 0.1) is 6.92 Å². The van der Waals surface area contributed by atoms with Crippen molar-refractivity contribution in [2.45, 2.75) is 19.7 Å². The lowest BCUT2D eigenvalue weighted by molar-refractivity contribution is -0.139. The van der Waals surface area contributed by atoms with E-state index < -0.39 is 17.5 Å². The van der Waals surface area contributed by atoms with Gasteiger partial charge in [-0.2, -0.15) is 13.2 Å². The van der Waals surface area contributed by atoms with Crippen molar-refractivity contribution < 1.29 is 23.0 Å². The number of hydrogen-bond acceptors (Lipinski definition) is 3. The molecule has 0 atom stereocenters. The molecule has 0 saturated heterocycles. The Morgan fingerprint density at radius 2 is 1.91 bits per heavy atom. The summed E-state index contributed by atoms with van der Waals surface area (Å²) in [6, 6.07) is 8.49. The van der Waals surface area contributed by atoms with Crippen LogP contribution in [0.15, 0.2) is 36.4 Å². The number of phenolic OH excluding ortho intramolecular Hbond substituents is 1. The molecule has 2 aromatic rings. The summed E-state index contributed by atoms with van der Waals surface area (Å²) in [6.07, 6.45) is -4.59. The van der Waals surface area contributed by atoms with Gasteiger partial charge in [-0.15, -0.1) is 0 Å². The van der Waals surface area contributed by atoms with E-state index in [-0.39, 0.29) is 12.4 Å². The number of nitrogens with one attached hydrogen (secondary N) is 1. The molecule has 2 N–H and O–H groups in total. The molecule has 2 rings (SSSR count). The molecule has 0 spiro atoms. The molecular formula is C16H16F3NO2. The van der Waals surface area contributed by atoms with Crippen molar-refractivity contribution in [2.24, 2.45) is 0 Å². The first-order chi connectivity index (χ1) is 10.3. The van der Waals surface area contributed by atoms with Gasteiger partial charge >= 0.3 is 6.18 Å². The summed E-state index contributed by atoms with van der Waals surface area (Å²) in [5.74, 6) is -0.762. The van der Waals surface area contributed by atoms with Gasteiger partial charge in [-0.25, -0.2) is 0 Å². The summed E-state index contributed by atoms with van der Waals surface area (Å²) in [6.45, 7) is 1.86. The third kappa shape index (κ3) is 3.44. The topological polar surface area (TPSA) is 41.5 Å². The van der Waals surface area contributed by atoms with E-state index in [0.29, 0.717) is 6.07 Å². The van der Waals surface area contributed by atoms with Gasteiger partial charge in [0.1, 0.15) is 23.7 Å². The fourth-order valence-electron chi connectivity index (χ4n) is 2.14. The minimum Gasteiger partial charge on any atom is -0.508 e. The molecule has 0 unspecified atom stereocenters. The second kappa shape index (κ2) is 6.17. The van der Waals surface area contributed by atoms with Crippen molar-refractivity contribution in [1.82, 2.24) is 0 Å². The first kappa shape index (κ1) is 16.0. The van der Waals surface area contributed by atoms with Gasteiger partial charge in [0, 0.05) is 18.3 Å². The molecule has 2 aromatic carbocycles. The number of alkyl halides is 3. The highest BCUT2D eigenvalue weighted by atomic mass is 19.4. The van der Waals surface area contributed by atoms with Crippen molar-refractivity contribution in [3.8, 4) is 11.5 Å². The van der Waals surface area contributed by atoms with Gasteiger partial charge in [-0.3, -0.25) is 0 Å². The van der Waals surface area contributed by atoms with E-state index in [4.69, 9.17) is 4.74 Å². The maximum atomic E-state index is 13.0. The Morgan fingerprint density at radius 3 is 2.55 bits per heavy atom. The molecule has 0 heterocycles. The van der Waals surface area contributed by atoms with E-state index in [1.807, 2.05) is 25.1 Å². The summed E-state index contributed by atoms with van der Waals surface area (Å²) in [5.41, 5.74) is 1.50. The predicted molar refractivity (Wildman–Crippen MR) is 78.2 cm³/mol. The number of aromatic hydroxyl groups is 1. The molecule has 0 saturated carbocycles. The van der Waals surface area contributed by atoms with Crippen LogP contribution in [0.2, 0.25) is 0 Å². The Labute approximate surface area is 126 Å². The second-order valence-electron chi connectivity index (χ2n) is 4.82. The molecule has 0 fully saturated rings. The Balaban J connectivity index is 2.30. The lowest BCUT2D eigenvalue weighted by Gasteiger charge is -2.17. The molecule has 0 amide bonds. The van der Waals surface area contributed by atoms with E-state index in [1.165, 1.54) is 6.07 Å². The zero-order chi connectivity index (χ0) is 16.3. The number of benzene rings is 2. The maximum Gasteiger partial charge on any atom is 0.420 e. The first-order valence-corrected chi connectivity index (χ1v) is 6.62. The molecule has 0 aliphatic carbocycles. The van der Waals surface area contributed by atoms with Crippen molar-refractivity contribution >= 4 is 5.69 Å². The van der Waals surface area contributed by atoms with E-state index in [0.717, 1.165) is 22.9 Å². The van der Waals surface area contributed by atoms with Crippen molar-refractivity contribution in [2.75, 3.05) is 12.4 Å². The molecule has 0 bridgehead atoms. The third-order valence-corrected chi connectivity index (χ3v) is 3.32. The minimum atomic E-state index is -4.59. The summed E-state index contributed by atoms with van der Waals surface area (Å²) in [4.78, 5) is 0. The van der Waals surface area contributed by atoms with Crippen LogP contribution in [-0.4, -0.2) is 12.2 Å². The number of rotatable bonds is 4. The molecule has 22 heavy (non-hydrogen) atoms. The molecule has 6 heteroatoms. The average Bonchev–Trinajstić information content (AvgIpc) is 2.45. The molecule has 0 aliphatic heterocycles. The third-order valence-electron chi connectivity index (χ3n) is 3.32. The molecule has 118 valence electrons. The predicted octanol–water partition coefficient (Wildman–Crippen LogP) is 4.34. The summed E-state index contributed by atoms with van der Waals surface area (Å²) >= 11 is 0. The molecule has 0 radical (unpaired) electrons. The normalized spacial score (nSPS) is 11.3. The second-order valence-corrected chi connectivity index (χ2v) is 4.82. The van der Waals surface area contributed by atoms with E-state index in [1.54, 1.807) is 7.05 Å². The Morgan fingerprint density at radius 1 is 1.18 bits per heavy atom. The molecule has 0 aromatic heterocycles. The highest BCUT2D eigenvalue weighted by molar-refractivity contribution is 5.54. The van der Waals surface area contributed by atoms with Gasteiger partial charge in [0.05, 0.1) is 0 Å². The maximum absolute atomic E-state index is 13.0. The van der Waals surface area contributed by atoms with Crippen LogP contribution in [0.4, 0.5) is 18.9 Å². The lowest BCUT2D eigenvalue weighted by atomic mass is 10.1. The van der Waals surface area contributed by atoms with Gasteiger partial charge in [0.15, 0.2) is 0 Å². The van der Waals surface area contributed by atoms with E-state index in [2.05, 4.69) is 5.32 Å². The number of halogens is 3. The smallest absolute Gasteiger partial charge is 0.420 e. The number of aryl methyl sites for hydroxylation is 1. The van der Waals surface area contributed by atoms with Crippen LogP contribution in [0.1, 0.15) is 16.7 Å². The number of phenols is 1. The zero-order valence-corrected chi connectivity index (χ0v) is 12.2. The Hall–Kier alpha value is -2.37. The van der Waals surface area contributed by atoms with Crippen LogP contribution in [-0.2, 0) is 12.8 Å². The molecule has 0 aliphatic rings. The average molecular weight is 311 g/mol. The highest BCUT2D eigenvalue weighted by Gasteiger charge is 2.34. The summed E-state index contributed by atoms with van der Waals surface area (Å²) in [7, 11) is 1.74. The fourth-order valence-corrected chi connectivity index (χ4v) is 2.14. The Kier molecular flexibility index (Phi) is 4.49. The van der Waals surface area contributed by atoms with Crippen LogP contribution in [0.5, 0.6) is 11.5 Å². The van der Waals surface area contributed by atoms with E-state index >= 15 is 0 Å². The van der Waals surface area contributed by atoms with Gasteiger partial charge in [0.2, 0.25) is 0 Å². The lowest BCUT2D eigenvalue weighted by Crippen LogP contribution is -2.09. The standard InChI is InChI=1S/C16H16F3NO2/c1-10-4-3-5-14(20-2)12(10)9-22-15-7-6-11(21)8-13(15)16(17,18)19/h3-8,20-21H,9H2,1-2H3. The molecule has 3 nitrogen and oxygen atoms in total. The van der Waals surface area contributed by atoms with Crippen LogP contribution >= 0.6 is 0 Å². The number of hydrogen-bond donors (Lipinski definition) is 2. The van der Waals surface area contributed by atoms with E-state index in [9.17, 15) is 18.3 Å². The largest absolute Gasteiger partial charge is 0.508 e. The van der Waals surface area contributed by atoms with Crippen LogP contribution in [0.3, 0.4) is 0 Å². The van der Waals surface area contributed by atoms with Crippen LogP contribution in [0.25, 0.3) is 0 Å². The van der Waals surface area contributed by atoms with Crippen molar-refractivity contribution in [3.63, 3.8) is 0 Å². The summed E-state index contributed by atoms with van der Waals surface area (Å²) < 4.78 is 44.3. The minimum absolute atomic E-state index is 0.00327. The molecular weight excluding hydrogens is 295 g/mol. The van der Waals surface area contributed by atoms with Gasteiger partial charge < -0.3 is 15.2 Å². The quantitative estimate of drug-likeness (QED) is 0.882. The highest BCUT2D eigenvalue weighted by Crippen LogP contribution is 2.38. The number of anilines is 1. The summed E-state index contributed by atoms with van der Waals surface area (Å²) in [5, 5.41) is 12.2. The van der Waals surface area contributed by atoms with Crippen molar-refractivity contribution in [3.05, 3.63) is 53.1 Å². The van der Waals surface area contributed by atoms with Crippen LogP contribution < -0.4 is 10.1 Å². The van der Waals surface area contributed by atoms with Gasteiger partial charge in [-0.1, -0.05) is 12.1 Å². The van der Waals surface area contributed by atoms with Gasteiger partial charge in [-0.05, 0) is 36.8 Å². The van der Waals surface area contributed by atoms with Crippen molar-refractivity contribution in [1.29, 1.82) is 0 Å². The fraction of sp³-hybridized carbons (Fsp3) is 0.250.